The lowest BCUT2D eigenvalue weighted by Gasteiger charge is -2.06. The maximum absolute atomic E-state index is 8.69. The van der Waals surface area contributed by atoms with Crippen LogP contribution >= 0.6 is 11.8 Å². The lowest BCUT2D eigenvalue weighted by molar-refractivity contribution is 0.289. The Morgan fingerprint density at radius 1 is 1.54 bits per heavy atom. The van der Waals surface area contributed by atoms with Crippen molar-refractivity contribution in [1.29, 1.82) is 0 Å². The summed E-state index contributed by atoms with van der Waals surface area (Å²) in [4.78, 5) is 0. The zero-order valence-corrected chi connectivity index (χ0v) is 8.67. The molecule has 0 saturated heterocycles. The fourth-order valence-corrected chi connectivity index (χ4v) is 1.84. The van der Waals surface area contributed by atoms with Crippen LogP contribution in [0.25, 0.3) is 0 Å². The van der Waals surface area contributed by atoms with Crippen molar-refractivity contribution < 1.29 is 9.74 Å². The van der Waals surface area contributed by atoms with Crippen molar-refractivity contribution in [3.8, 4) is 0 Å². The van der Waals surface area contributed by atoms with Gasteiger partial charge in [-0.15, -0.1) is 0 Å². The maximum atomic E-state index is 8.69. The lowest BCUT2D eigenvalue weighted by Crippen LogP contribution is -2.00. The third kappa shape index (κ3) is 3.36. The zero-order valence-electron chi connectivity index (χ0n) is 7.86. The molecule has 0 radical (unpaired) electrons. The number of aliphatic hydroxyl groups is 1. The van der Waals surface area contributed by atoms with E-state index in [4.69, 9.17) is 5.11 Å². The quantitative estimate of drug-likeness (QED) is 0.781. The van der Waals surface area contributed by atoms with Crippen LogP contribution in [0.5, 0.6) is 0 Å². The van der Waals surface area contributed by atoms with Gasteiger partial charge < -0.3 is 5.11 Å². The average Bonchev–Trinajstić information content (AvgIpc) is 2.48. The second-order valence-corrected chi connectivity index (χ2v) is 4.36. The summed E-state index contributed by atoms with van der Waals surface area (Å²) in [7, 11) is 0. The summed E-state index contributed by atoms with van der Waals surface area (Å²) in [6.07, 6.45) is 0.814. The number of hydrogen-bond acceptors (Lipinski definition) is 5. The monoisotopic (exact) mass is 202 g/mol. The highest BCUT2D eigenvalue weighted by molar-refractivity contribution is 7.99. The molecule has 0 aliphatic heterocycles. The van der Waals surface area contributed by atoms with E-state index in [0.717, 1.165) is 23.6 Å². The first-order valence-corrected chi connectivity index (χ1v) is 5.29. The van der Waals surface area contributed by atoms with E-state index in [1.165, 1.54) is 0 Å². The minimum absolute atomic E-state index is 0.240. The van der Waals surface area contributed by atoms with Crippen LogP contribution in [0.4, 0.5) is 0 Å². The molecule has 0 aromatic carbocycles. The fourth-order valence-electron chi connectivity index (χ4n) is 0.867. The van der Waals surface area contributed by atoms with Gasteiger partial charge in [-0.2, -0.15) is 11.8 Å². The topological polar surface area (TPSA) is 59.2 Å². The van der Waals surface area contributed by atoms with Gasteiger partial charge in [-0.1, -0.05) is 17.2 Å². The molecule has 1 aromatic rings. The van der Waals surface area contributed by atoms with E-state index >= 15 is 0 Å². The number of aryl methyl sites for hydroxylation is 1. The molecule has 1 unspecified atom stereocenters. The standard InChI is InChI=1S/C8H14N2O2S/c1-6(3-4-11)13-5-8-7(2)9-12-10-8/h6,11H,3-5H2,1-2H3. The molecule has 1 rings (SSSR count). The molecule has 74 valence electrons. The summed E-state index contributed by atoms with van der Waals surface area (Å²) in [6, 6.07) is 0. The molecule has 0 amide bonds. The van der Waals surface area contributed by atoms with Crippen LogP contribution in [0.1, 0.15) is 24.7 Å². The van der Waals surface area contributed by atoms with E-state index in [0.29, 0.717) is 5.25 Å². The largest absolute Gasteiger partial charge is 0.396 e. The highest BCUT2D eigenvalue weighted by Gasteiger charge is 2.07. The van der Waals surface area contributed by atoms with Crippen LogP contribution in [-0.2, 0) is 5.75 Å². The van der Waals surface area contributed by atoms with Gasteiger partial charge >= 0.3 is 0 Å². The number of rotatable bonds is 5. The van der Waals surface area contributed by atoms with Crippen LogP contribution in [0.2, 0.25) is 0 Å². The highest BCUT2D eigenvalue weighted by Crippen LogP contribution is 2.19. The fraction of sp³-hybridized carbons (Fsp3) is 0.750. The van der Waals surface area contributed by atoms with Gasteiger partial charge in [0.1, 0.15) is 11.4 Å². The number of hydrogen-bond donors (Lipinski definition) is 1. The van der Waals surface area contributed by atoms with E-state index in [2.05, 4.69) is 21.9 Å². The van der Waals surface area contributed by atoms with E-state index in [1.54, 1.807) is 11.8 Å². The number of thioether (sulfide) groups is 1. The van der Waals surface area contributed by atoms with Gasteiger partial charge in [0, 0.05) is 17.6 Å². The van der Waals surface area contributed by atoms with E-state index < -0.39 is 0 Å². The zero-order chi connectivity index (χ0) is 9.68. The molecule has 4 nitrogen and oxygen atoms in total. The Kier molecular flexibility index (Phi) is 4.24. The van der Waals surface area contributed by atoms with Crippen LogP contribution < -0.4 is 0 Å². The van der Waals surface area contributed by atoms with Gasteiger partial charge in [-0.3, -0.25) is 0 Å². The first kappa shape index (κ1) is 10.5. The van der Waals surface area contributed by atoms with Gasteiger partial charge in [0.25, 0.3) is 0 Å². The Labute approximate surface area is 81.7 Å². The third-order valence-corrected chi connectivity index (χ3v) is 3.03. The summed E-state index contributed by atoms with van der Waals surface area (Å²) >= 11 is 1.75. The van der Waals surface area contributed by atoms with Gasteiger partial charge in [-0.25, -0.2) is 4.63 Å². The summed E-state index contributed by atoms with van der Waals surface area (Å²) in [5.74, 6) is 0.802. The van der Waals surface area contributed by atoms with Crippen LogP contribution in [0.3, 0.4) is 0 Å². The third-order valence-electron chi connectivity index (χ3n) is 1.79. The number of aromatic nitrogens is 2. The first-order chi connectivity index (χ1) is 6.24. The van der Waals surface area contributed by atoms with Crippen molar-refractivity contribution >= 4 is 11.8 Å². The molecule has 1 N–H and O–H groups in total. The second kappa shape index (κ2) is 5.24. The Morgan fingerprint density at radius 2 is 2.31 bits per heavy atom. The maximum Gasteiger partial charge on any atom is 0.117 e. The molecule has 0 aliphatic carbocycles. The highest BCUT2D eigenvalue weighted by atomic mass is 32.2. The predicted octanol–water partition coefficient (Wildman–Crippen LogP) is 1.38. The predicted molar refractivity (Wildman–Crippen MR) is 51.5 cm³/mol. The molecule has 0 spiro atoms. The minimum atomic E-state index is 0.240. The Balaban J connectivity index is 2.30. The van der Waals surface area contributed by atoms with Crippen molar-refractivity contribution in [2.24, 2.45) is 0 Å². The van der Waals surface area contributed by atoms with Crippen molar-refractivity contribution in [2.45, 2.75) is 31.3 Å². The molecule has 0 saturated carbocycles. The van der Waals surface area contributed by atoms with Gasteiger partial charge in [0.2, 0.25) is 0 Å². The summed E-state index contributed by atoms with van der Waals surface area (Å²) in [6.45, 7) is 4.21. The summed E-state index contributed by atoms with van der Waals surface area (Å²) in [5.41, 5.74) is 1.75. The van der Waals surface area contributed by atoms with Gasteiger partial charge in [-0.05, 0) is 13.3 Å². The molecule has 1 aromatic heterocycles. The molecular formula is C8H14N2O2S. The van der Waals surface area contributed by atoms with E-state index in [1.807, 2.05) is 6.92 Å². The van der Waals surface area contributed by atoms with Crippen molar-refractivity contribution in [2.75, 3.05) is 6.61 Å². The second-order valence-electron chi connectivity index (χ2n) is 2.93. The number of nitrogens with zero attached hydrogens (tertiary/aromatic N) is 2. The Bertz CT molecular complexity index is 252. The molecule has 0 fully saturated rings. The van der Waals surface area contributed by atoms with E-state index in [-0.39, 0.29) is 6.61 Å². The van der Waals surface area contributed by atoms with Gasteiger partial charge in [0.15, 0.2) is 0 Å². The van der Waals surface area contributed by atoms with E-state index in [9.17, 15) is 0 Å². The number of aliphatic hydroxyl groups excluding tert-OH is 1. The molecule has 0 bridgehead atoms. The normalized spacial score (nSPS) is 13.2. The Morgan fingerprint density at radius 3 is 2.85 bits per heavy atom. The molecule has 13 heavy (non-hydrogen) atoms. The molecule has 1 atom stereocenters. The molecule has 5 heteroatoms. The average molecular weight is 202 g/mol. The first-order valence-electron chi connectivity index (χ1n) is 4.24. The van der Waals surface area contributed by atoms with Crippen molar-refractivity contribution in [3.63, 3.8) is 0 Å². The van der Waals surface area contributed by atoms with Crippen molar-refractivity contribution in [1.82, 2.24) is 10.3 Å². The molecular weight excluding hydrogens is 188 g/mol. The SMILES string of the molecule is Cc1nonc1CSC(C)CCO. The molecule has 0 aliphatic rings. The van der Waals surface area contributed by atoms with Crippen molar-refractivity contribution in [3.05, 3.63) is 11.4 Å². The summed E-state index contributed by atoms with van der Waals surface area (Å²) < 4.78 is 4.57. The lowest BCUT2D eigenvalue weighted by atomic mass is 10.3. The van der Waals surface area contributed by atoms with Crippen LogP contribution in [0.15, 0.2) is 4.63 Å². The Hall–Kier alpha value is -0.550. The smallest absolute Gasteiger partial charge is 0.117 e. The van der Waals surface area contributed by atoms with Crippen LogP contribution in [0, 0.1) is 6.92 Å². The minimum Gasteiger partial charge on any atom is -0.396 e. The van der Waals surface area contributed by atoms with Crippen LogP contribution in [-0.4, -0.2) is 27.3 Å². The van der Waals surface area contributed by atoms with Gasteiger partial charge in [0.05, 0.1) is 0 Å². The summed E-state index contributed by atoms with van der Waals surface area (Å²) in [5, 5.41) is 16.6. The molecule has 1 heterocycles.